The summed E-state index contributed by atoms with van der Waals surface area (Å²) >= 11 is 0. The number of rotatable bonds is 9. The Balaban J connectivity index is 1.52. The number of nitrogens with zero attached hydrogens (tertiary/aromatic N) is 1. The lowest BCUT2D eigenvalue weighted by Gasteiger charge is -2.22. The van der Waals surface area contributed by atoms with Gasteiger partial charge in [0, 0.05) is 30.0 Å². The fraction of sp³-hybridized carbons (Fsp3) is 0.200. The topological polar surface area (TPSA) is 70.7 Å². The third-order valence-electron chi connectivity index (χ3n) is 5.13. The van der Waals surface area contributed by atoms with Gasteiger partial charge in [-0.3, -0.25) is 0 Å². The normalized spacial score (nSPS) is 13.2. The predicted molar refractivity (Wildman–Crippen MR) is 124 cm³/mol. The molecule has 0 radical (unpaired) electrons. The van der Waals surface area contributed by atoms with Crippen molar-refractivity contribution in [1.82, 2.24) is 10.2 Å². The second-order valence-corrected chi connectivity index (χ2v) is 7.43. The van der Waals surface area contributed by atoms with E-state index in [9.17, 15) is 9.59 Å². The fourth-order valence-electron chi connectivity index (χ4n) is 3.29. The number of fused-ring (bicyclic) bond motifs is 1. The Morgan fingerprint density at radius 1 is 1.26 bits per heavy atom. The van der Waals surface area contributed by atoms with Gasteiger partial charge in [0.1, 0.15) is 18.6 Å². The van der Waals surface area contributed by atoms with Crippen LogP contribution < -0.4 is 15.4 Å². The zero-order valence-electron chi connectivity index (χ0n) is 17.7. The van der Waals surface area contributed by atoms with Crippen molar-refractivity contribution < 1.29 is 14.3 Å². The highest BCUT2D eigenvalue weighted by Gasteiger charge is 2.25. The summed E-state index contributed by atoms with van der Waals surface area (Å²) in [5.74, 6) is 0.687. The van der Waals surface area contributed by atoms with E-state index in [1.54, 1.807) is 30.3 Å². The van der Waals surface area contributed by atoms with Crippen molar-refractivity contribution >= 4 is 23.7 Å². The van der Waals surface area contributed by atoms with Gasteiger partial charge in [0.05, 0.1) is 6.04 Å². The Bertz CT molecular complexity index is 1010. The van der Waals surface area contributed by atoms with Crippen LogP contribution >= 0.6 is 0 Å². The molecule has 31 heavy (non-hydrogen) atoms. The van der Waals surface area contributed by atoms with Crippen LogP contribution in [-0.2, 0) is 17.9 Å². The second-order valence-electron chi connectivity index (χ2n) is 7.43. The fourth-order valence-corrected chi connectivity index (χ4v) is 3.29. The molecule has 2 aromatic rings. The van der Waals surface area contributed by atoms with Crippen LogP contribution in [0.3, 0.4) is 0 Å². The molecular weight excluding hydrogens is 390 g/mol. The quantitative estimate of drug-likeness (QED) is 0.465. The van der Waals surface area contributed by atoms with Crippen LogP contribution in [0.2, 0.25) is 0 Å². The van der Waals surface area contributed by atoms with E-state index in [2.05, 4.69) is 30.4 Å². The summed E-state index contributed by atoms with van der Waals surface area (Å²) in [6.07, 6.45) is 2.57. The first-order valence-electron chi connectivity index (χ1n) is 10.0. The maximum atomic E-state index is 12.3. The molecule has 1 atom stereocenters. The molecule has 0 spiro atoms. The van der Waals surface area contributed by atoms with E-state index >= 15 is 0 Å². The molecule has 1 aliphatic rings. The summed E-state index contributed by atoms with van der Waals surface area (Å²) in [4.78, 5) is 25.4. The van der Waals surface area contributed by atoms with Crippen molar-refractivity contribution in [2.75, 3.05) is 11.9 Å². The Hall–Kier alpha value is -3.80. The van der Waals surface area contributed by atoms with Crippen molar-refractivity contribution in [2.24, 2.45) is 0 Å². The van der Waals surface area contributed by atoms with Crippen molar-refractivity contribution in [3.8, 4) is 5.75 Å². The van der Waals surface area contributed by atoms with Crippen molar-refractivity contribution in [3.05, 3.63) is 90.5 Å². The van der Waals surface area contributed by atoms with Gasteiger partial charge in [0.2, 0.25) is 0 Å². The van der Waals surface area contributed by atoms with Gasteiger partial charge in [-0.2, -0.15) is 0 Å². The van der Waals surface area contributed by atoms with E-state index in [1.807, 2.05) is 30.0 Å². The number of nitrogens with one attached hydrogen (secondary N) is 2. The maximum absolute atomic E-state index is 12.3. The molecule has 3 rings (SSSR count). The number of carbonyl (C=O) groups is 2. The smallest absolute Gasteiger partial charge is 0.319 e. The van der Waals surface area contributed by atoms with Crippen LogP contribution in [0, 0.1) is 0 Å². The van der Waals surface area contributed by atoms with Gasteiger partial charge in [0.25, 0.3) is 0 Å². The second kappa shape index (κ2) is 9.80. The molecular formula is C25H27N3O3. The lowest BCUT2D eigenvalue weighted by molar-refractivity contribution is -0.111. The van der Waals surface area contributed by atoms with Crippen LogP contribution in [0.5, 0.6) is 5.75 Å². The van der Waals surface area contributed by atoms with Crippen LogP contribution in [0.15, 0.2) is 73.9 Å². The van der Waals surface area contributed by atoms with Crippen LogP contribution in [0.25, 0.3) is 5.70 Å². The van der Waals surface area contributed by atoms with Gasteiger partial charge in [-0.15, -0.1) is 0 Å². The van der Waals surface area contributed by atoms with Gasteiger partial charge >= 0.3 is 6.03 Å². The number of hydrogen-bond donors (Lipinski definition) is 2. The number of hydrogen-bond acceptors (Lipinski definition) is 4. The number of benzene rings is 2. The highest BCUT2D eigenvalue weighted by atomic mass is 16.5. The lowest BCUT2D eigenvalue weighted by atomic mass is 10.1. The SMILES string of the molecule is C=CC(=C)COc1ccc(NC(=O)NCc2ccc3c(c2)CN(C(C)C=O)C3=C)cc1. The Morgan fingerprint density at radius 3 is 2.68 bits per heavy atom. The van der Waals surface area contributed by atoms with Gasteiger partial charge in [-0.1, -0.05) is 44.0 Å². The summed E-state index contributed by atoms with van der Waals surface area (Å²) < 4.78 is 5.57. The standard InChI is InChI=1S/C25H27N3O3/c1-5-17(2)16-31-23-9-7-22(8-10-23)27-25(30)26-13-20-6-11-24-19(4)28(18(3)15-29)14-21(24)12-20/h5-12,15,18H,1-2,4,13-14,16H2,3H3,(H2,26,27,30). The van der Waals surface area contributed by atoms with E-state index in [0.29, 0.717) is 31.1 Å². The summed E-state index contributed by atoms with van der Waals surface area (Å²) in [7, 11) is 0. The molecule has 160 valence electrons. The molecule has 0 saturated heterocycles. The molecule has 1 heterocycles. The number of amides is 2. The largest absolute Gasteiger partial charge is 0.489 e. The molecule has 0 saturated carbocycles. The lowest BCUT2D eigenvalue weighted by Crippen LogP contribution is -2.28. The minimum atomic E-state index is -0.296. The Morgan fingerprint density at radius 2 is 2.00 bits per heavy atom. The molecule has 0 aliphatic carbocycles. The van der Waals surface area contributed by atoms with E-state index in [1.165, 1.54) is 0 Å². The highest BCUT2D eigenvalue weighted by molar-refractivity contribution is 5.89. The van der Waals surface area contributed by atoms with Gasteiger partial charge in [0.15, 0.2) is 0 Å². The number of aldehydes is 1. The zero-order chi connectivity index (χ0) is 22.4. The van der Waals surface area contributed by atoms with E-state index in [4.69, 9.17) is 4.74 Å². The first-order chi connectivity index (χ1) is 14.9. The number of ether oxygens (including phenoxy) is 1. The molecule has 2 aromatic carbocycles. The average molecular weight is 418 g/mol. The number of anilines is 1. The van der Waals surface area contributed by atoms with Gasteiger partial charge < -0.3 is 25.1 Å². The van der Waals surface area contributed by atoms with Crippen molar-refractivity contribution in [1.29, 1.82) is 0 Å². The highest BCUT2D eigenvalue weighted by Crippen LogP contribution is 2.33. The Kier molecular flexibility index (Phi) is 6.92. The van der Waals surface area contributed by atoms with E-state index in [0.717, 1.165) is 34.2 Å². The first kappa shape index (κ1) is 21.9. The van der Waals surface area contributed by atoms with Crippen LogP contribution in [-0.4, -0.2) is 29.9 Å². The molecule has 1 aliphatic heterocycles. The maximum Gasteiger partial charge on any atom is 0.319 e. The average Bonchev–Trinajstić information content (AvgIpc) is 3.12. The molecule has 1 unspecified atom stereocenters. The number of carbonyl (C=O) groups excluding carboxylic acids is 2. The van der Waals surface area contributed by atoms with Crippen LogP contribution in [0.4, 0.5) is 10.5 Å². The van der Waals surface area contributed by atoms with Crippen LogP contribution in [0.1, 0.15) is 23.6 Å². The minimum absolute atomic E-state index is 0.218. The minimum Gasteiger partial charge on any atom is -0.489 e. The molecule has 6 heteroatoms. The molecule has 2 N–H and O–H groups in total. The number of urea groups is 1. The summed E-state index contributed by atoms with van der Waals surface area (Å²) in [6, 6.07) is 12.6. The van der Waals surface area contributed by atoms with Crippen molar-refractivity contribution in [3.63, 3.8) is 0 Å². The summed E-state index contributed by atoms with van der Waals surface area (Å²) in [6.45, 7) is 14.8. The van der Waals surface area contributed by atoms with E-state index < -0.39 is 0 Å². The van der Waals surface area contributed by atoms with Gasteiger partial charge in [-0.05, 0) is 47.9 Å². The molecule has 2 amide bonds. The predicted octanol–water partition coefficient (Wildman–Crippen LogP) is 4.50. The molecule has 6 nitrogen and oxygen atoms in total. The van der Waals surface area contributed by atoms with Gasteiger partial charge in [-0.25, -0.2) is 4.79 Å². The van der Waals surface area contributed by atoms with Crippen molar-refractivity contribution in [2.45, 2.75) is 26.1 Å². The third-order valence-corrected chi connectivity index (χ3v) is 5.13. The molecule has 0 bridgehead atoms. The molecule has 0 aromatic heterocycles. The first-order valence-corrected chi connectivity index (χ1v) is 10.0. The Labute approximate surface area is 182 Å². The monoisotopic (exact) mass is 417 g/mol. The van der Waals surface area contributed by atoms with E-state index in [-0.39, 0.29) is 12.1 Å². The summed E-state index contributed by atoms with van der Waals surface area (Å²) in [5.41, 5.74) is 5.44. The third kappa shape index (κ3) is 5.42. The zero-order valence-corrected chi connectivity index (χ0v) is 17.7. The summed E-state index contributed by atoms with van der Waals surface area (Å²) in [5, 5.41) is 5.66. The molecule has 0 fully saturated rings.